The van der Waals surface area contributed by atoms with Gasteiger partial charge in [-0.1, -0.05) is 258 Å². The molecule has 1 unspecified atom stereocenters. The van der Waals surface area contributed by atoms with Crippen molar-refractivity contribution < 1.29 is 4.79 Å². The van der Waals surface area contributed by atoms with Gasteiger partial charge in [0.1, 0.15) is 0 Å². The van der Waals surface area contributed by atoms with Gasteiger partial charge in [0.15, 0.2) is 5.78 Å². The van der Waals surface area contributed by atoms with Gasteiger partial charge in [0.05, 0.1) is 0 Å². The fourth-order valence-corrected chi connectivity index (χ4v) is 8.69. The summed E-state index contributed by atoms with van der Waals surface area (Å²) in [6.45, 7) is 10.6. The first-order valence-corrected chi connectivity index (χ1v) is 24.5. The zero-order valence-electron chi connectivity index (χ0n) is 37.0. The second kappa shape index (κ2) is 44.6. The summed E-state index contributed by atoms with van der Waals surface area (Å²) in [6, 6.07) is 0. The molecule has 0 bridgehead atoms. The number of allylic oxidation sites excluding steroid dienone is 1. The Morgan fingerprint density at radius 2 is 0.679 bits per heavy atom. The van der Waals surface area contributed by atoms with Gasteiger partial charge in [-0.3, -0.25) is 4.79 Å². The van der Waals surface area contributed by atoms with E-state index in [2.05, 4.69) is 27.4 Å². The summed E-state index contributed by atoms with van der Waals surface area (Å²) < 4.78 is 0. The first-order chi connectivity index (χ1) is 25.5. The molecule has 318 valence electrons. The zero-order valence-corrected chi connectivity index (χ0v) is 38.7. The SMILES string of the molecule is Br.C=CC(=O)CCCCCCCCCC(CCCCCCCCCCCC)C(N)(CCCCCCCCCCCC)CCCCCCCCCCCC. The Balaban J connectivity index is 0. The van der Waals surface area contributed by atoms with E-state index < -0.39 is 0 Å². The fraction of sp³-hybridized carbons (Fsp3) is 0.940. The van der Waals surface area contributed by atoms with E-state index in [4.69, 9.17) is 5.73 Å². The molecule has 2 N–H and O–H groups in total. The molecule has 0 aliphatic carbocycles. The highest BCUT2D eigenvalue weighted by Gasteiger charge is 2.33. The minimum absolute atomic E-state index is 0. The van der Waals surface area contributed by atoms with Crippen LogP contribution in [0, 0.1) is 5.92 Å². The van der Waals surface area contributed by atoms with Gasteiger partial charge >= 0.3 is 0 Å². The third kappa shape index (κ3) is 38.5. The second-order valence-electron chi connectivity index (χ2n) is 17.4. The van der Waals surface area contributed by atoms with E-state index in [1.54, 1.807) is 0 Å². The maximum absolute atomic E-state index is 11.5. The number of nitrogens with two attached hydrogens (primary N) is 1. The molecule has 1 atom stereocenters. The van der Waals surface area contributed by atoms with E-state index in [0.29, 0.717) is 12.3 Å². The van der Waals surface area contributed by atoms with Crippen LogP contribution < -0.4 is 5.73 Å². The van der Waals surface area contributed by atoms with Gasteiger partial charge in [-0.2, -0.15) is 0 Å². The third-order valence-electron chi connectivity index (χ3n) is 12.4. The molecule has 0 heterocycles. The fourth-order valence-electron chi connectivity index (χ4n) is 8.69. The van der Waals surface area contributed by atoms with Gasteiger partial charge in [0.2, 0.25) is 0 Å². The summed E-state index contributed by atoms with van der Waals surface area (Å²) in [5, 5.41) is 0. The number of carbonyl (C=O) groups is 1. The quantitative estimate of drug-likeness (QED) is 0.0492. The van der Waals surface area contributed by atoms with Crippen LogP contribution in [0.15, 0.2) is 12.7 Å². The highest BCUT2D eigenvalue weighted by Crippen LogP contribution is 2.36. The Labute approximate surface area is 346 Å². The number of hydrogen-bond donors (Lipinski definition) is 1. The third-order valence-corrected chi connectivity index (χ3v) is 12.4. The minimum Gasteiger partial charge on any atom is -0.325 e. The molecule has 0 aromatic carbocycles. The normalized spacial score (nSPS) is 12.2. The summed E-state index contributed by atoms with van der Waals surface area (Å²) in [7, 11) is 0. The Hall–Kier alpha value is -0.150. The minimum atomic E-state index is 0. The lowest BCUT2D eigenvalue weighted by molar-refractivity contribution is -0.114. The lowest BCUT2D eigenvalue weighted by Gasteiger charge is -2.39. The van der Waals surface area contributed by atoms with Crippen molar-refractivity contribution in [2.24, 2.45) is 11.7 Å². The second-order valence-corrected chi connectivity index (χ2v) is 17.4. The predicted molar refractivity (Wildman–Crippen MR) is 247 cm³/mol. The summed E-state index contributed by atoms with van der Waals surface area (Å²) in [4.78, 5) is 11.5. The van der Waals surface area contributed by atoms with Crippen molar-refractivity contribution in [3.63, 3.8) is 0 Å². The molecule has 0 fully saturated rings. The topological polar surface area (TPSA) is 43.1 Å². The molecule has 0 amide bonds. The molecule has 0 radical (unpaired) electrons. The lowest BCUT2D eigenvalue weighted by atomic mass is 9.72. The molecular weight excluding hydrogens is 710 g/mol. The van der Waals surface area contributed by atoms with Crippen LogP contribution in [0.3, 0.4) is 0 Å². The van der Waals surface area contributed by atoms with Crippen LogP contribution in [-0.2, 0) is 4.79 Å². The van der Waals surface area contributed by atoms with Crippen LogP contribution in [0.25, 0.3) is 0 Å². The molecular formula is C50H100BrNO. The van der Waals surface area contributed by atoms with Crippen molar-refractivity contribution in [3.05, 3.63) is 12.7 Å². The van der Waals surface area contributed by atoms with Crippen molar-refractivity contribution in [2.45, 2.75) is 296 Å². The molecule has 0 spiro atoms. The summed E-state index contributed by atoms with van der Waals surface area (Å²) in [5.74, 6) is 0.901. The van der Waals surface area contributed by atoms with Crippen molar-refractivity contribution >= 4 is 22.8 Å². The van der Waals surface area contributed by atoms with Gasteiger partial charge in [-0.05, 0) is 44.1 Å². The molecule has 0 aromatic heterocycles. The van der Waals surface area contributed by atoms with E-state index in [1.165, 1.54) is 263 Å². The van der Waals surface area contributed by atoms with E-state index >= 15 is 0 Å². The molecule has 0 aliphatic heterocycles. The number of hydrogen-bond acceptors (Lipinski definition) is 2. The number of unbranched alkanes of at least 4 members (excludes halogenated alkanes) is 33. The molecule has 0 aromatic rings. The van der Waals surface area contributed by atoms with E-state index in [-0.39, 0.29) is 28.3 Å². The van der Waals surface area contributed by atoms with Gasteiger partial charge in [0.25, 0.3) is 0 Å². The number of ketones is 1. The Bertz CT molecular complexity index is 698. The zero-order chi connectivity index (χ0) is 38.1. The first kappa shape index (κ1) is 54.9. The average molecular weight is 811 g/mol. The van der Waals surface area contributed by atoms with Crippen molar-refractivity contribution in [3.8, 4) is 0 Å². The van der Waals surface area contributed by atoms with Crippen molar-refractivity contribution in [2.75, 3.05) is 0 Å². The van der Waals surface area contributed by atoms with Gasteiger partial charge in [-0.25, -0.2) is 0 Å². The van der Waals surface area contributed by atoms with E-state index in [9.17, 15) is 4.79 Å². The van der Waals surface area contributed by atoms with Crippen LogP contribution in [0.5, 0.6) is 0 Å². The molecule has 0 saturated heterocycles. The van der Waals surface area contributed by atoms with E-state index in [1.807, 2.05) is 0 Å². The maximum atomic E-state index is 11.5. The lowest BCUT2D eigenvalue weighted by Crippen LogP contribution is -2.47. The van der Waals surface area contributed by atoms with Gasteiger partial charge in [0, 0.05) is 12.0 Å². The van der Waals surface area contributed by atoms with Gasteiger partial charge < -0.3 is 5.73 Å². The monoisotopic (exact) mass is 810 g/mol. The highest BCUT2D eigenvalue weighted by atomic mass is 79.9. The Morgan fingerprint density at radius 1 is 0.434 bits per heavy atom. The smallest absolute Gasteiger partial charge is 0.155 e. The Morgan fingerprint density at radius 3 is 0.962 bits per heavy atom. The van der Waals surface area contributed by atoms with Crippen LogP contribution >= 0.6 is 17.0 Å². The Kier molecular flexibility index (Phi) is 46.2. The van der Waals surface area contributed by atoms with Gasteiger partial charge in [-0.15, -0.1) is 17.0 Å². The molecule has 2 nitrogen and oxygen atoms in total. The highest BCUT2D eigenvalue weighted by molar-refractivity contribution is 8.93. The average Bonchev–Trinajstić information content (AvgIpc) is 3.15. The summed E-state index contributed by atoms with van der Waals surface area (Å²) in [6.07, 6.45) is 58.6. The van der Waals surface area contributed by atoms with E-state index in [0.717, 1.165) is 6.42 Å². The van der Waals surface area contributed by atoms with Crippen molar-refractivity contribution in [1.29, 1.82) is 0 Å². The van der Waals surface area contributed by atoms with Crippen LogP contribution in [0.4, 0.5) is 0 Å². The molecule has 3 heteroatoms. The molecule has 53 heavy (non-hydrogen) atoms. The van der Waals surface area contributed by atoms with Crippen LogP contribution in [0.2, 0.25) is 0 Å². The summed E-state index contributed by atoms with van der Waals surface area (Å²) >= 11 is 0. The number of halogens is 1. The standard InChI is InChI=1S/C50H99NO.BrH/c1-5-9-12-15-18-21-24-28-33-38-43-48(44-39-34-29-27-30-35-40-45-49(52)8-4)50(51,46-41-36-31-25-22-19-16-13-10-6-2)47-42-37-32-26-23-20-17-14-11-7-3;/h8,48H,4-7,9-47,51H2,1-3H3;1H. The predicted octanol–water partition coefficient (Wildman–Crippen LogP) is 18.1. The largest absolute Gasteiger partial charge is 0.325 e. The van der Waals surface area contributed by atoms with Crippen molar-refractivity contribution in [1.82, 2.24) is 0 Å². The maximum Gasteiger partial charge on any atom is 0.155 e. The first-order valence-electron chi connectivity index (χ1n) is 24.5. The molecule has 0 aliphatic rings. The molecule has 0 rings (SSSR count). The summed E-state index contributed by atoms with van der Waals surface area (Å²) in [5.41, 5.74) is 7.72. The van der Waals surface area contributed by atoms with Crippen LogP contribution in [0.1, 0.15) is 290 Å². The number of rotatable bonds is 45. The molecule has 0 saturated carbocycles. The number of carbonyl (C=O) groups excluding carboxylic acids is 1. The van der Waals surface area contributed by atoms with Crippen LogP contribution in [-0.4, -0.2) is 11.3 Å².